The van der Waals surface area contributed by atoms with Crippen LogP contribution in [0.1, 0.15) is 33.2 Å². The lowest BCUT2D eigenvalue weighted by Gasteiger charge is -2.16. The number of hydrogen-bond donors (Lipinski definition) is 0. The van der Waals surface area contributed by atoms with Gasteiger partial charge in [-0.3, -0.25) is 4.79 Å². The summed E-state index contributed by atoms with van der Waals surface area (Å²) in [5.74, 6) is -2.48. The summed E-state index contributed by atoms with van der Waals surface area (Å²) in [7, 11) is 2.25. The Kier molecular flexibility index (Phi) is 5.34. The summed E-state index contributed by atoms with van der Waals surface area (Å²) in [4.78, 5) is 23.6. The molecule has 0 N–H and O–H groups in total. The van der Waals surface area contributed by atoms with Crippen molar-refractivity contribution in [2.75, 3.05) is 14.2 Å². The number of benzene rings is 2. The molecule has 2 rings (SSSR count). The molecule has 0 saturated carbocycles. The van der Waals surface area contributed by atoms with Crippen LogP contribution in [0.2, 0.25) is 0 Å². The average molecular weight is 370 g/mol. The zero-order valence-corrected chi connectivity index (χ0v) is 14.0. The number of rotatable bonds is 4. The quantitative estimate of drug-likeness (QED) is 0.451. The van der Waals surface area contributed by atoms with Crippen LogP contribution in [0.5, 0.6) is 5.75 Å². The monoisotopic (exact) mass is 370 g/mol. The fraction of sp³-hybridized carbons (Fsp3) is 0.222. The fourth-order valence-electron chi connectivity index (χ4n) is 2.44. The van der Waals surface area contributed by atoms with E-state index in [4.69, 9.17) is 4.74 Å². The summed E-state index contributed by atoms with van der Waals surface area (Å²) in [5, 5.41) is 0. The maximum atomic E-state index is 14.0. The van der Waals surface area contributed by atoms with Crippen molar-refractivity contribution in [2.45, 2.75) is 13.1 Å². The standard InChI is InChI=1S/C18H14F4O4/c1-9(23)12-7-13(16(25-2)8-15(12)19)11-5-4-10(18(20,21)22)6-14(11)17(24)26-3/h4-8H,1-3H3. The van der Waals surface area contributed by atoms with E-state index >= 15 is 0 Å². The van der Waals surface area contributed by atoms with Crippen molar-refractivity contribution in [3.63, 3.8) is 0 Å². The number of halogens is 4. The van der Waals surface area contributed by atoms with Crippen LogP contribution in [0.15, 0.2) is 30.3 Å². The minimum atomic E-state index is -4.67. The summed E-state index contributed by atoms with van der Waals surface area (Å²) >= 11 is 0. The molecule has 0 spiro atoms. The zero-order chi connectivity index (χ0) is 19.6. The molecular formula is C18H14F4O4. The van der Waals surface area contributed by atoms with Gasteiger partial charge in [-0.25, -0.2) is 9.18 Å². The van der Waals surface area contributed by atoms with E-state index in [0.717, 1.165) is 38.3 Å². The molecule has 2 aromatic carbocycles. The molecule has 2 aromatic rings. The second-order valence-electron chi connectivity index (χ2n) is 5.34. The number of hydrogen-bond acceptors (Lipinski definition) is 4. The predicted molar refractivity (Wildman–Crippen MR) is 84.7 cm³/mol. The lowest BCUT2D eigenvalue weighted by molar-refractivity contribution is -0.137. The summed E-state index contributed by atoms with van der Waals surface area (Å²) in [6, 6.07) is 4.53. The van der Waals surface area contributed by atoms with E-state index in [-0.39, 0.29) is 28.0 Å². The van der Waals surface area contributed by atoms with E-state index in [1.54, 1.807) is 0 Å². The molecule has 0 unspecified atom stereocenters. The van der Waals surface area contributed by atoms with Crippen LogP contribution in [-0.4, -0.2) is 26.0 Å². The van der Waals surface area contributed by atoms with Crippen LogP contribution in [-0.2, 0) is 10.9 Å². The minimum absolute atomic E-state index is 0.0178. The first-order valence-electron chi connectivity index (χ1n) is 7.28. The van der Waals surface area contributed by atoms with Gasteiger partial charge in [-0.05, 0) is 30.7 Å². The van der Waals surface area contributed by atoms with Crippen molar-refractivity contribution < 1.29 is 36.6 Å². The molecule has 0 aliphatic heterocycles. The predicted octanol–water partition coefficient (Wildman–Crippen LogP) is 4.51. The number of ketones is 1. The minimum Gasteiger partial charge on any atom is -0.496 e. The molecule has 0 saturated heterocycles. The Bertz CT molecular complexity index is 872. The Morgan fingerprint density at radius 1 is 0.962 bits per heavy atom. The van der Waals surface area contributed by atoms with Crippen LogP contribution in [0.4, 0.5) is 17.6 Å². The van der Waals surface area contributed by atoms with Crippen molar-refractivity contribution in [3.8, 4) is 16.9 Å². The highest BCUT2D eigenvalue weighted by molar-refractivity contribution is 6.01. The number of methoxy groups -OCH3 is 2. The third-order valence-corrected chi connectivity index (χ3v) is 3.71. The van der Waals surface area contributed by atoms with Crippen LogP contribution < -0.4 is 4.74 Å². The maximum absolute atomic E-state index is 14.0. The van der Waals surface area contributed by atoms with Gasteiger partial charge in [0.25, 0.3) is 0 Å². The van der Waals surface area contributed by atoms with E-state index in [0.29, 0.717) is 6.07 Å². The Balaban J connectivity index is 2.81. The number of carbonyl (C=O) groups is 2. The number of ether oxygens (including phenoxy) is 2. The molecule has 4 nitrogen and oxygen atoms in total. The molecule has 138 valence electrons. The zero-order valence-electron chi connectivity index (χ0n) is 14.0. The van der Waals surface area contributed by atoms with Crippen molar-refractivity contribution >= 4 is 11.8 Å². The van der Waals surface area contributed by atoms with Crippen molar-refractivity contribution in [2.24, 2.45) is 0 Å². The van der Waals surface area contributed by atoms with Gasteiger partial charge in [0.15, 0.2) is 5.78 Å². The van der Waals surface area contributed by atoms with Gasteiger partial charge in [-0.15, -0.1) is 0 Å². The Morgan fingerprint density at radius 3 is 2.12 bits per heavy atom. The molecule has 0 aliphatic rings. The van der Waals surface area contributed by atoms with Gasteiger partial charge in [0.1, 0.15) is 11.6 Å². The van der Waals surface area contributed by atoms with Crippen LogP contribution in [0.25, 0.3) is 11.1 Å². The van der Waals surface area contributed by atoms with Gasteiger partial charge in [0.2, 0.25) is 0 Å². The molecule has 0 atom stereocenters. The molecule has 0 aromatic heterocycles. The van der Waals surface area contributed by atoms with E-state index in [1.165, 1.54) is 7.11 Å². The second kappa shape index (κ2) is 7.15. The molecule has 0 amide bonds. The number of alkyl halides is 3. The fourth-order valence-corrected chi connectivity index (χ4v) is 2.44. The van der Waals surface area contributed by atoms with Crippen molar-refractivity contribution in [1.82, 2.24) is 0 Å². The molecule has 0 radical (unpaired) electrons. The molecular weight excluding hydrogens is 356 g/mol. The molecule has 26 heavy (non-hydrogen) atoms. The largest absolute Gasteiger partial charge is 0.496 e. The molecule has 0 bridgehead atoms. The first kappa shape index (κ1) is 19.4. The Labute approximate surface area is 146 Å². The smallest absolute Gasteiger partial charge is 0.416 e. The first-order valence-corrected chi connectivity index (χ1v) is 7.28. The van der Waals surface area contributed by atoms with Crippen LogP contribution >= 0.6 is 0 Å². The lowest BCUT2D eigenvalue weighted by atomic mass is 9.94. The van der Waals surface area contributed by atoms with E-state index < -0.39 is 29.3 Å². The summed E-state index contributed by atoms with van der Waals surface area (Å²) in [5.41, 5.74) is -1.61. The SMILES string of the molecule is COC(=O)c1cc(C(F)(F)F)ccc1-c1cc(C(C)=O)c(F)cc1OC. The Hall–Kier alpha value is -2.90. The highest BCUT2D eigenvalue weighted by Gasteiger charge is 2.32. The number of carbonyl (C=O) groups excluding carboxylic acids is 2. The van der Waals surface area contributed by atoms with Gasteiger partial charge in [-0.2, -0.15) is 13.2 Å². The van der Waals surface area contributed by atoms with Crippen molar-refractivity contribution in [3.05, 3.63) is 52.8 Å². The molecule has 0 fully saturated rings. The summed E-state index contributed by atoms with van der Waals surface area (Å²) < 4.78 is 62.5. The van der Waals surface area contributed by atoms with Crippen LogP contribution in [0.3, 0.4) is 0 Å². The highest BCUT2D eigenvalue weighted by Crippen LogP contribution is 2.38. The third kappa shape index (κ3) is 3.68. The normalized spacial score (nSPS) is 11.2. The number of Topliss-reactive ketones (excluding diaryl/α,β-unsaturated/α-hetero) is 1. The van der Waals surface area contributed by atoms with E-state index in [9.17, 15) is 27.2 Å². The van der Waals surface area contributed by atoms with Gasteiger partial charge in [0, 0.05) is 11.6 Å². The van der Waals surface area contributed by atoms with Gasteiger partial charge < -0.3 is 9.47 Å². The van der Waals surface area contributed by atoms with E-state index in [2.05, 4.69) is 4.74 Å². The van der Waals surface area contributed by atoms with Gasteiger partial charge in [0.05, 0.1) is 30.9 Å². The van der Waals surface area contributed by atoms with Gasteiger partial charge >= 0.3 is 12.1 Å². The van der Waals surface area contributed by atoms with Crippen molar-refractivity contribution in [1.29, 1.82) is 0 Å². The molecule has 0 heterocycles. The third-order valence-electron chi connectivity index (χ3n) is 3.71. The van der Waals surface area contributed by atoms with E-state index in [1.807, 2.05) is 0 Å². The first-order chi connectivity index (χ1) is 12.1. The second-order valence-corrected chi connectivity index (χ2v) is 5.34. The highest BCUT2D eigenvalue weighted by atomic mass is 19.4. The molecule has 0 aliphatic carbocycles. The maximum Gasteiger partial charge on any atom is 0.416 e. The average Bonchev–Trinajstić information content (AvgIpc) is 2.59. The summed E-state index contributed by atoms with van der Waals surface area (Å²) in [6.45, 7) is 1.14. The number of esters is 1. The van der Waals surface area contributed by atoms with Gasteiger partial charge in [-0.1, -0.05) is 6.07 Å². The summed E-state index contributed by atoms with van der Waals surface area (Å²) in [6.07, 6.45) is -4.67. The Morgan fingerprint density at radius 2 is 1.62 bits per heavy atom. The molecule has 8 heteroatoms. The topological polar surface area (TPSA) is 52.6 Å². The lowest BCUT2D eigenvalue weighted by Crippen LogP contribution is -2.10. The van der Waals surface area contributed by atoms with Crippen LogP contribution in [0, 0.1) is 5.82 Å².